The van der Waals surface area contributed by atoms with Crippen molar-refractivity contribution >= 4 is 11.8 Å². The van der Waals surface area contributed by atoms with E-state index in [1.807, 2.05) is 6.92 Å². The third kappa shape index (κ3) is 5.76. The Balaban J connectivity index is 1.47. The quantitative estimate of drug-likeness (QED) is 0.229. The molecule has 0 spiro atoms. The van der Waals surface area contributed by atoms with E-state index in [0.29, 0.717) is 22.8 Å². The van der Waals surface area contributed by atoms with Gasteiger partial charge in [-0.1, -0.05) is 24.3 Å². The lowest BCUT2D eigenvalue weighted by Gasteiger charge is -2.19. The van der Waals surface area contributed by atoms with Gasteiger partial charge in [-0.3, -0.25) is 0 Å². The minimum absolute atomic E-state index is 0.132. The van der Waals surface area contributed by atoms with Gasteiger partial charge >= 0.3 is 12.1 Å². The predicted molar refractivity (Wildman–Crippen MR) is 148 cm³/mol. The molecule has 0 amide bonds. The summed E-state index contributed by atoms with van der Waals surface area (Å²) in [5.74, 6) is 0.734. The number of ether oxygens (including phenoxy) is 2. The molecule has 1 aliphatic carbocycles. The van der Waals surface area contributed by atoms with Crippen LogP contribution in [0.15, 0.2) is 43.0 Å². The van der Waals surface area contributed by atoms with Crippen LogP contribution in [-0.4, -0.2) is 49.7 Å². The van der Waals surface area contributed by atoms with E-state index in [9.17, 15) is 18.0 Å². The number of carbonyl (C=O) groups is 1. The van der Waals surface area contributed by atoms with Crippen molar-refractivity contribution in [2.45, 2.75) is 57.8 Å². The van der Waals surface area contributed by atoms with Crippen molar-refractivity contribution in [3.05, 3.63) is 65.5 Å². The molecule has 42 heavy (non-hydrogen) atoms. The van der Waals surface area contributed by atoms with Crippen molar-refractivity contribution in [2.75, 3.05) is 19.5 Å². The fraction of sp³-hybridized carbons (Fsp3) is 0.379. The Labute approximate surface area is 240 Å². The first-order valence-corrected chi connectivity index (χ1v) is 13.4. The third-order valence-corrected chi connectivity index (χ3v) is 7.02. The first-order chi connectivity index (χ1) is 20.0. The summed E-state index contributed by atoms with van der Waals surface area (Å²) in [6, 6.07) is 6.43. The van der Waals surface area contributed by atoms with Crippen molar-refractivity contribution in [1.82, 2.24) is 29.5 Å². The Hall–Kier alpha value is -4.55. The number of esters is 1. The maximum atomic E-state index is 13.4. The molecule has 3 aromatic heterocycles. The van der Waals surface area contributed by atoms with Crippen LogP contribution in [-0.2, 0) is 10.9 Å². The van der Waals surface area contributed by atoms with Gasteiger partial charge in [-0.25, -0.2) is 29.7 Å². The smallest absolute Gasteiger partial charge is 0.434 e. The van der Waals surface area contributed by atoms with Crippen LogP contribution in [0.1, 0.15) is 78.9 Å². The molecule has 13 heteroatoms. The summed E-state index contributed by atoms with van der Waals surface area (Å²) in [6.07, 6.45) is 1.29. The van der Waals surface area contributed by atoms with E-state index in [-0.39, 0.29) is 35.2 Å². The zero-order chi connectivity index (χ0) is 30.2. The molecule has 1 N–H and O–H groups in total. The highest BCUT2D eigenvalue weighted by atomic mass is 19.4. The molecule has 0 saturated heterocycles. The van der Waals surface area contributed by atoms with E-state index in [2.05, 4.69) is 30.2 Å². The van der Waals surface area contributed by atoms with E-state index in [0.717, 1.165) is 30.3 Å². The van der Waals surface area contributed by atoms with E-state index in [4.69, 9.17) is 9.47 Å². The van der Waals surface area contributed by atoms with E-state index < -0.39 is 17.8 Å². The number of rotatable bonds is 9. The number of imidazole rings is 1. The molecular formula is C29H30F3N7O3. The van der Waals surface area contributed by atoms with Crippen molar-refractivity contribution in [2.24, 2.45) is 0 Å². The van der Waals surface area contributed by atoms with Gasteiger partial charge in [0.2, 0.25) is 5.88 Å². The molecule has 1 aliphatic rings. The molecule has 4 aromatic rings. The molecule has 0 bridgehead atoms. The highest BCUT2D eigenvalue weighted by Gasteiger charge is 2.35. The Bertz CT molecular complexity index is 1600. The van der Waals surface area contributed by atoms with Crippen LogP contribution in [0.4, 0.5) is 19.0 Å². The van der Waals surface area contributed by atoms with Crippen LogP contribution < -0.4 is 10.1 Å². The summed E-state index contributed by atoms with van der Waals surface area (Å²) in [4.78, 5) is 34.2. The Morgan fingerprint density at radius 3 is 2.36 bits per heavy atom. The Morgan fingerprint density at radius 2 is 1.76 bits per heavy atom. The van der Waals surface area contributed by atoms with Gasteiger partial charge in [-0.05, 0) is 39.2 Å². The molecule has 5 rings (SSSR count). The predicted octanol–water partition coefficient (Wildman–Crippen LogP) is 6.24. The highest BCUT2D eigenvalue weighted by molar-refractivity contribution is 5.94. The largest absolute Gasteiger partial charge is 0.480 e. The Morgan fingerprint density at radius 1 is 1.05 bits per heavy atom. The van der Waals surface area contributed by atoms with Crippen LogP contribution in [0.3, 0.4) is 0 Å². The molecule has 1 saturated carbocycles. The number of nitrogens with one attached hydrogen (secondary N) is 1. The molecule has 1 aromatic carbocycles. The zero-order valence-electron chi connectivity index (χ0n) is 23.7. The summed E-state index contributed by atoms with van der Waals surface area (Å²) < 4.78 is 52.0. The SMILES string of the molecule is COC(=O)c1cnc(-c2c(OC)ncnc2C2CC2)nc1N[C@@H](C)c1ccc(-c2nc(C(F)(F)F)cn2C(C)C)cc1. The van der Waals surface area contributed by atoms with Gasteiger partial charge in [0.1, 0.15) is 29.1 Å². The highest BCUT2D eigenvalue weighted by Crippen LogP contribution is 2.45. The second-order valence-corrected chi connectivity index (χ2v) is 10.3. The van der Waals surface area contributed by atoms with Crippen LogP contribution in [0, 0.1) is 0 Å². The summed E-state index contributed by atoms with van der Waals surface area (Å²) >= 11 is 0. The lowest BCUT2D eigenvalue weighted by molar-refractivity contribution is -0.140. The van der Waals surface area contributed by atoms with Crippen LogP contribution in [0.5, 0.6) is 5.88 Å². The van der Waals surface area contributed by atoms with Crippen molar-refractivity contribution in [3.8, 4) is 28.7 Å². The lowest BCUT2D eigenvalue weighted by Crippen LogP contribution is -2.15. The molecule has 0 unspecified atom stereocenters. The van der Waals surface area contributed by atoms with Crippen LogP contribution in [0.2, 0.25) is 0 Å². The molecule has 10 nitrogen and oxygen atoms in total. The van der Waals surface area contributed by atoms with Gasteiger partial charge in [0.05, 0.1) is 19.9 Å². The molecule has 0 aliphatic heterocycles. The summed E-state index contributed by atoms with van der Waals surface area (Å²) in [5, 5.41) is 3.26. The molecule has 0 radical (unpaired) electrons. The number of halogens is 3. The van der Waals surface area contributed by atoms with Gasteiger partial charge in [-0.2, -0.15) is 13.2 Å². The van der Waals surface area contributed by atoms with Gasteiger partial charge in [-0.15, -0.1) is 0 Å². The van der Waals surface area contributed by atoms with Crippen molar-refractivity contribution in [3.63, 3.8) is 0 Å². The molecule has 1 fully saturated rings. The van der Waals surface area contributed by atoms with Gasteiger partial charge in [0.15, 0.2) is 11.5 Å². The summed E-state index contributed by atoms with van der Waals surface area (Å²) in [7, 11) is 2.78. The van der Waals surface area contributed by atoms with E-state index in [1.165, 1.54) is 31.3 Å². The number of benzene rings is 1. The molecule has 220 valence electrons. The second-order valence-electron chi connectivity index (χ2n) is 10.3. The number of nitrogens with zero attached hydrogens (tertiary/aromatic N) is 6. The number of aromatic nitrogens is 6. The van der Waals surface area contributed by atoms with Crippen LogP contribution in [0.25, 0.3) is 22.8 Å². The topological polar surface area (TPSA) is 117 Å². The van der Waals surface area contributed by atoms with Gasteiger partial charge < -0.3 is 19.4 Å². The standard InChI is InChI=1S/C29H30F3N7O3/c1-15(2)39-13-21(29(30,31)32)37-26(39)19-10-6-17(7-11-19)16(3)36-24-20(28(40)42-5)12-33-25(38-24)22-23(18-8-9-18)34-14-35-27(22)41-4/h6-7,10-16,18H,8-9H2,1-5H3,(H,33,36,38)/t16-/m0/s1. The minimum Gasteiger partial charge on any atom is -0.480 e. The molecule has 1 atom stereocenters. The van der Waals surface area contributed by atoms with Crippen LogP contribution >= 0.6 is 0 Å². The number of alkyl halides is 3. The number of anilines is 1. The number of carbonyl (C=O) groups excluding carboxylic acids is 1. The second kappa shape index (κ2) is 11.4. The number of hydrogen-bond acceptors (Lipinski definition) is 9. The lowest BCUT2D eigenvalue weighted by atomic mass is 10.1. The molecule has 3 heterocycles. The van der Waals surface area contributed by atoms with E-state index >= 15 is 0 Å². The average Bonchev–Trinajstić information content (AvgIpc) is 3.72. The summed E-state index contributed by atoms with van der Waals surface area (Å²) in [5.41, 5.74) is 1.89. The number of methoxy groups -OCH3 is 2. The first kappa shape index (κ1) is 29.0. The minimum atomic E-state index is -4.55. The van der Waals surface area contributed by atoms with Crippen molar-refractivity contribution < 1.29 is 27.4 Å². The first-order valence-electron chi connectivity index (χ1n) is 13.4. The fourth-order valence-corrected chi connectivity index (χ4v) is 4.63. The molecular weight excluding hydrogens is 551 g/mol. The van der Waals surface area contributed by atoms with Gasteiger partial charge in [0, 0.05) is 36.0 Å². The average molecular weight is 582 g/mol. The van der Waals surface area contributed by atoms with Gasteiger partial charge in [0.25, 0.3) is 0 Å². The Kier molecular flexibility index (Phi) is 7.85. The third-order valence-electron chi connectivity index (χ3n) is 7.02. The maximum absolute atomic E-state index is 13.4. The fourth-order valence-electron chi connectivity index (χ4n) is 4.63. The zero-order valence-corrected chi connectivity index (χ0v) is 23.7. The normalized spacial score (nSPS) is 14.1. The maximum Gasteiger partial charge on any atom is 0.434 e. The number of hydrogen-bond donors (Lipinski definition) is 1. The summed E-state index contributed by atoms with van der Waals surface area (Å²) in [6.45, 7) is 5.47. The van der Waals surface area contributed by atoms with E-state index in [1.54, 1.807) is 38.1 Å². The monoisotopic (exact) mass is 581 g/mol. The van der Waals surface area contributed by atoms with Crippen molar-refractivity contribution in [1.29, 1.82) is 0 Å².